The topological polar surface area (TPSA) is 68.3 Å². The second-order valence-electron chi connectivity index (χ2n) is 6.86. The minimum Gasteiger partial charge on any atom is -0.378 e. The predicted molar refractivity (Wildman–Crippen MR) is 81.1 cm³/mol. The smallest absolute Gasteiger partial charge is 0.200 e. The Labute approximate surface area is 126 Å². The summed E-state index contributed by atoms with van der Waals surface area (Å²) in [5.74, 6) is 0. The molecule has 2 saturated heterocycles. The standard InChI is InChI=1S/C15H22N2O3S/c1-15(2,3)21(18,19)14-7-4-10(9-16-14)17-12-8-11-5-6-13(12)20-11/h4,7,9,11-13,17H,5-6,8H2,1-3H3. The van der Waals surface area contributed by atoms with Crippen LogP contribution in [0.4, 0.5) is 5.69 Å². The molecule has 6 heteroatoms. The van der Waals surface area contributed by atoms with E-state index in [1.54, 1.807) is 39.1 Å². The van der Waals surface area contributed by atoms with Gasteiger partial charge in [0.05, 0.1) is 34.9 Å². The number of hydrogen-bond acceptors (Lipinski definition) is 5. The van der Waals surface area contributed by atoms with Crippen molar-refractivity contribution in [2.45, 2.75) is 68.1 Å². The molecule has 2 aliphatic heterocycles. The molecule has 0 saturated carbocycles. The van der Waals surface area contributed by atoms with Crippen molar-refractivity contribution in [3.8, 4) is 0 Å². The summed E-state index contributed by atoms with van der Waals surface area (Å²) in [5, 5.41) is 3.54. The first kappa shape index (κ1) is 14.8. The van der Waals surface area contributed by atoms with Crippen molar-refractivity contribution in [2.24, 2.45) is 0 Å². The van der Waals surface area contributed by atoms with Crippen LogP contribution in [0.3, 0.4) is 0 Å². The first-order chi connectivity index (χ1) is 9.77. The van der Waals surface area contributed by atoms with Crippen LogP contribution in [0.15, 0.2) is 23.4 Å². The average Bonchev–Trinajstić information content (AvgIpc) is 3.00. The van der Waals surface area contributed by atoms with Crippen LogP contribution in [0.25, 0.3) is 0 Å². The van der Waals surface area contributed by atoms with Gasteiger partial charge < -0.3 is 10.1 Å². The molecule has 0 aromatic carbocycles. The van der Waals surface area contributed by atoms with E-state index in [4.69, 9.17) is 4.74 Å². The summed E-state index contributed by atoms with van der Waals surface area (Å²) in [7, 11) is -3.39. The van der Waals surface area contributed by atoms with E-state index in [0.717, 1.165) is 24.9 Å². The lowest BCUT2D eigenvalue weighted by atomic mass is 9.95. The first-order valence-electron chi connectivity index (χ1n) is 7.40. The number of anilines is 1. The van der Waals surface area contributed by atoms with E-state index in [0.29, 0.717) is 12.1 Å². The van der Waals surface area contributed by atoms with Crippen molar-refractivity contribution in [1.82, 2.24) is 4.98 Å². The van der Waals surface area contributed by atoms with Crippen LogP contribution in [0, 0.1) is 0 Å². The van der Waals surface area contributed by atoms with Crippen molar-refractivity contribution in [2.75, 3.05) is 5.32 Å². The number of hydrogen-bond donors (Lipinski definition) is 1. The SMILES string of the molecule is CC(C)(C)S(=O)(=O)c1ccc(NC2CC3CCC2O3)cn1. The van der Waals surface area contributed by atoms with Crippen LogP contribution in [-0.4, -0.2) is 36.4 Å². The molecule has 2 aliphatic rings. The van der Waals surface area contributed by atoms with Crippen molar-refractivity contribution in [3.63, 3.8) is 0 Å². The maximum Gasteiger partial charge on any atom is 0.200 e. The maximum absolute atomic E-state index is 12.3. The van der Waals surface area contributed by atoms with Crippen LogP contribution in [0.2, 0.25) is 0 Å². The molecular weight excluding hydrogens is 288 g/mol. The molecule has 0 amide bonds. The van der Waals surface area contributed by atoms with Crippen molar-refractivity contribution in [1.29, 1.82) is 0 Å². The summed E-state index contributed by atoms with van der Waals surface area (Å²) in [6.07, 6.45) is 5.56. The fourth-order valence-corrected chi connectivity index (χ4v) is 4.01. The molecule has 0 radical (unpaired) electrons. The van der Waals surface area contributed by atoms with E-state index < -0.39 is 14.6 Å². The summed E-state index contributed by atoms with van der Waals surface area (Å²) in [4.78, 5) is 4.13. The Morgan fingerprint density at radius 3 is 2.52 bits per heavy atom. The Morgan fingerprint density at radius 1 is 1.29 bits per heavy atom. The zero-order chi connectivity index (χ0) is 15.3. The molecular formula is C15H22N2O3S. The number of ether oxygens (including phenoxy) is 1. The zero-order valence-corrected chi connectivity index (χ0v) is 13.5. The lowest BCUT2D eigenvalue weighted by Gasteiger charge is -2.22. The van der Waals surface area contributed by atoms with Gasteiger partial charge in [0.1, 0.15) is 0 Å². The minimum atomic E-state index is -3.39. The molecule has 0 aliphatic carbocycles. The highest BCUT2D eigenvalue weighted by Crippen LogP contribution is 2.36. The van der Waals surface area contributed by atoms with Crippen LogP contribution < -0.4 is 5.32 Å². The fraction of sp³-hybridized carbons (Fsp3) is 0.667. The van der Waals surface area contributed by atoms with Gasteiger partial charge in [-0.1, -0.05) is 0 Å². The molecule has 116 valence electrons. The third kappa shape index (κ3) is 2.66. The monoisotopic (exact) mass is 310 g/mol. The zero-order valence-electron chi connectivity index (χ0n) is 12.7. The van der Waals surface area contributed by atoms with Gasteiger partial charge in [-0.3, -0.25) is 0 Å². The number of rotatable bonds is 3. The van der Waals surface area contributed by atoms with E-state index in [1.807, 2.05) is 0 Å². The van der Waals surface area contributed by atoms with Crippen molar-refractivity contribution >= 4 is 15.5 Å². The Morgan fingerprint density at radius 2 is 2.05 bits per heavy atom. The third-order valence-corrected chi connectivity index (χ3v) is 6.68. The molecule has 1 N–H and O–H groups in total. The van der Waals surface area contributed by atoms with Gasteiger partial charge in [0.25, 0.3) is 0 Å². The van der Waals surface area contributed by atoms with Crippen molar-refractivity contribution < 1.29 is 13.2 Å². The van der Waals surface area contributed by atoms with Gasteiger partial charge in [-0.05, 0) is 52.2 Å². The van der Waals surface area contributed by atoms with Gasteiger partial charge in [0, 0.05) is 0 Å². The quantitative estimate of drug-likeness (QED) is 0.928. The van der Waals surface area contributed by atoms with E-state index >= 15 is 0 Å². The highest BCUT2D eigenvalue weighted by atomic mass is 32.2. The van der Waals surface area contributed by atoms with E-state index in [2.05, 4.69) is 10.3 Å². The molecule has 3 heterocycles. The number of fused-ring (bicyclic) bond motifs is 2. The van der Waals surface area contributed by atoms with Crippen LogP contribution in [-0.2, 0) is 14.6 Å². The summed E-state index contributed by atoms with van der Waals surface area (Å²) in [6.45, 7) is 5.05. The molecule has 3 atom stereocenters. The summed E-state index contributed by atoms with van der Waals surface area (Å²) >= 11 is 0. The maximum atomic E-state index is 12.3. The molecule has 3 rings (SSSR count). The van der Waals surface area contributed by atoms with Gasteiger partial charge in [-0.25, -0.2) is 13.4 Å². The molecule has 3 unspecified atom stereocenters. The van der Waals surface area contributed by atoms with Gasteiger partial charge in [0.15, 0.2) is 14.9 Å². The number of nitrogens with one attached hydrogen (secondary N) is 1. The highest BCUT2D eigenvalue weighted by molar-refractivity contribution is 7.92. The largest absolute Gasteiger partial charge is 0.378 e. The summed E-state index contributed by atoms with van der Waals surface area (Å²) < 4.78 is 29.6. The average molecular weight is 310 g/mol. The number of sulfone groups is 1. The minimum absolute atomic E-state index is 0.129. The van der Waals surface area contributed by atoms with Crippen LogP contribution in [0.5, 0.6) is 0 Å². The molecule has 2 fully saturated rings. The Bertz CT molecular complexity index is 619. The molecule has 21 heavy (non-hydrogen) atoms. The third-order valence-electron chi connectivity index (χ3n) is 4.28. The fourth-order valence-electron chi connectivity index (χ4n) is 2.94. The Balaban J connectivity index is 1.73. The summed E-state index contributed by atoms with van der Waals surface area (Å²) in [6, 6.07) is 3.69. The lowest BCUT2D eigenvalue weighted by molar-refractivity contribution is 0.102. The van der Waals surface area contributed by atoms with Gasteiger partial charge in [-0.2, -0.15) is 0 Å². The van der Waals surface area contributed by atoms with E-state index in [-0.39, 0.29) is 11.1 Å². The van der Waals surface area contributed by atoms with Crippen molar-refractivity contribution in [3.05, 3.63) is 18.3 Å². The number of pyridine rings is 1. The van der Waals surface area contributed by atoms with Gasteiger partial charge in [-0.15, -0.1) is 0 Å². The lowest BCUT2D eigenvalue weighted by Crippen LogP contribution is -2.31. The highest BCUT2D eigenvalue weighted by Gasteiger charge is 2.40. The summed E-state index contributed by atoms with van der Waals surface area (Å²) in [5.41, 5.74) is 0.851. The molecule has 0 spiro atoms. The number of aromatic nitrogens is 1. The molecule has 1 aromatic heterocycles. The van der Waals surface area contributed by atoms with Gasteiger partial charge >= 0.3 is 0 Å². The van der Waals surface area contributed by atoms with Crippen LogP contribution >= 0.6 is 0 Å². The normalized spacial score (nSPS) is 28.8. The first-order valence-corrected chi connectivity index (χ1v) is 8.88. The molecule has 1 aromatic rings. The molecule has 2 bridgehead atoms. The van der Waals surface area contributed by atoms with Crippen LogP contribution in [0.1, 0.15) is 40.0 Å². The number of nitrogens with zero attached hydrogens (tertiary/aromatic N) is 1. The predicted octanol–water partition coefficient (Wildman–Crippen LogP) is 2.39. The van der Waals surface area contributed by atoms with Gasteiger partial charge in [0.2, 0.25) is 0 Å². The van der Waals surface area contributed by atoms with E-state index in [1.165, 1.54) is 0 Å². The molecule has 5 nitrogen and oxygen atoms in total. The van der Waals surface area contributed by atoms with E-state index in [9.17, 15) is 8.42 Å². The Hall–Kier alpha value is -1.14. The second kappa shape index (κ2) is 4.95. The Kier molecular flexibility index (Phi) is 3.48. The second-order valence-corrected chi connectivity index (χ2v) is 9.51.